The maximum Gasteiger partial charge on any atom is 0.224 e. The van der Waals surface area contributed by atoms with Gasteiger partial charge in [-0.1, -0.05) is 31.0 Å². The minimum atomic E-state index is -3.36. The fourth-order valence-electron chi connectivity index (χ4n) is 2.97. The van der Waals surface area contributed by atoms with Crippen molar-refractivity contribution >= 4 is 15.7 Å². The monoisotopic (exact) mass is 324 g/mol. The van der Waals surface area contributed by atoms with Crippen molar-refractivity contribution in [3.63, 3.8) is 0 Å². The van der Waals surface area contributed by atoms with Gasteiger partial charge < -0.3 is 11.1 Å². The Morgan fingerprint density at radius 3 is 2.64 bits per heavy atom. The highest BCUT2D eigenvalue weighted by atomic mass is 32.2. The van der Waals surface area contributed by atoms with Crippen molar-refractivity contribution in [3.05, 3.63) is 30.3 Å². The van der Waals surface area contributed by atoms with E-state index in [0.29, 0.717) is 0 Å². The van der Waals surface area contributed by atoms with Crippen molar-refractivity contribution in [2.75, 3.05) is 12.3 Å². The molecule has 0 aliphatic heterocycles. The van der Waals surface area contributed by atoms with Gasteiger partial charge in [-0.3, -0.25) is 4.79 Å². The van der Waals surface area contributed by atoms with Crippen LogP contribution in [-0.4, -0.2) is 32.2 Å². The third-order valence-corrected chi connectivity index (χ3v) is 6.08. The molecule has 1 fully saturated rings. The molecular formula is C16H24N2O3S. The molecular weight excluding hydrogens is 300 g/mol. The van der Waals surface area contributed by atoms with Crippen molar-refractivity contribution < 1.29 is 13.2 Å². The minimum Gasteiger partial charge on any atom is -0.355 e. The largest absolute Gasteiger partial charge is 0.355 e. The number of amides is 1. The van der Waals surface area contributed by atoms with E-state index in [-0.39, 0.29) is 29.0 Å². The Balaban J connectivity index is 1.89. The Hall–Kier alpha value is -1.40. The van der Waals surface area contributed by atoms with E-state index >= 15 is 0 Å². The summed E-state index contributed by atoms with van der Waals surface area (Å²) in [6, 6.07) is 8.27. The van der Waals surface area contributed by atoms with Crippen molar-refractivity contribution in [3.8, 4) is 0 Å². The molecule has 3 N–H and O–H groups in total. The molecule has 2 rings (SSSR count). The van der Waals surface area contributed by atoms with Gasteiger partial charge in [0.25, 0.3) is 0 Å². The lowest BCUT2D eigenvalue weighted by Gasteiger charge is -2.37. The fourth-order valence-corrected chi connectivity index (χ4v) is 4.14. The lowest BCUT2D eigenvalue weighted by Crippen LogP contribution is -2.53. The lowest BCUT2D eigenvalue weighted by atomic mass is 9.74. The second-order valence-corrected chi connectivity index (χ2v) is 8.34. The van der Waals surface area contributed by atoms with E-state index in [9.17, 15) is 13.2 Å². The first-order chi connectivity index (χ1) is 10.3. The molecule has 0 heterocycles. The normalized spacial score (nSPS) is 25.6. The maximum atomic E-state index is 12.3. The highest BCUT2D eigenvalue weighted by Crippen LogP contribution is 2.31. The number of nitrogens with two attached hydrogens (primary N) is 1. The van der Waals surface area contributed by atoms with Gasteiger partial charge in [-0.2, -0.15) is 0 Å². The number of hydrogen-bond donors (Lipinski definition) is 2. The molecule has 1 saturated carbocycles. The van der Waals surface area contributed by atoms with Crippen LogP contribution in [0.25, 0.3) is 0 Å². The van der Waals surface area contributed by atoms with Gasteiger partial charge in [0.15, 0.2) is 9.84 Å². The average Bonchev–Trinajstić information content (AvgIpc) is 2.47. The highest BCUT2D eigenvalue weighted by molar-refractivity contribution is 7.91. The van der Waals surface area contributed by atoms with Gasteiger partial charge in [0.05, 0.1) is 16.6 Å². The Labute approximate surface area is 132 Å². The molecule has 1 aliphatic carbocycles. The predicted molar refractivity (Wildman–Crippen MR) is 86.1 cm³/mol. The van der Waals surface area contributed by atoms with Crippen LogP contribution in [0, 0.1) is 5.92 Å². The van der Waals surface area contributed by atoms with Crippen LogP contribution in [0.1, 0.15) is 32.6 Å². The summed E-state index contributed by atoms with van der Waals surface area (Å²) in [6.45, 7) is 2.01. The van der Waals surface area contributed by atoms with E-state index < -0.39 is 15.4 Å². The van der Waals surface area contributed by atoms with E-state index in [0.717, 1.165) is 25.7 Å². The van der Waals surface area contributed by atoms with E-state index in [1.165, 1.54) is 0 Å². The number of hydrogen-bond acceptors (Lipinski definition) is 4. The zero-order valence-corrected chi connectivity index (χ0v) is 13.7. The van der Waals surface area contributed by atoms with Gasteiger partial charge in [0.1, 0.15) is 0 Å². The quantitative estimate of drug-likeness (QED) is 0.858. The molecule has 22 heavy (non-hydrogen) atoms. The number of benzene rings is 1. The van der Waals surface area contributed by atoms with Crippen LogP contribution in [0.5, 0.6) is 0 Å². The summed E-state index contributed by atoms with van der Waals surface area (Å²) in [7, 11) is -3.36. The second-order valence-electron chi connectivity index (χ2n) is 6.23. The molecule has 1 aromatic rings. The SMILES string of the molecule is CC1(N)CCCCC1C(=O)NCCS(=O)(=O)c1ccccc1. The van der Waals surface area contributed by atoms with E-state index in [1.807, 2.05) is 6.92 Å². The smallest absolute Gasteiger partial charge is 0.224 e. The van der Waals surface area contributed by atoms with Gasteiger partial charge in [-0.05, 0) is 31.9 Å². The van der Waals surface area contributed by atoms with E-state index in [1.54, 1.807) is 30.3 Å². The molecule has 0 spiro atoms. The number of rotatable bonds is 5. The highest BCUT2D eigenvalue weighted by Gasteiger charge is 2.37. The standard InChI is InChI=1S/C16H24N2O3S/c1-16(17)10-6-5-9-14(16)15(19)18-11-12-22(20,21)13-7-3-2-4-8-13/h2-4,7-8,14H,5-6,9-12,17H2,1H3,(H,18,19). The molecule has 0 bridgehead atoms. The van der Waals surface area contributed by atoms with Crippen LogP contribution in [0.15, 0.2) is 35.2 Å². The average molecular weight is 324 g/mol. The second kappa shape index (κ2) is 6.79. The summed E-state index contributed by atoms with van der Waals surface area (Å²) in [4.78, 5) is 12.5. The molecule has 6 heteroatoms. The number of carbonyl (C=O) groups is 1. The summed E-state index contributed by atoms with van der Waals surface area (Å²) in [5.41, 5.74) is 5.69. The molecule has 0 radical (unpaired) electrons. The van der Waals surface area contributed by atoms with Gasteiger partial charge in [-0.25, -0.2) is 8.42 Å². The molecule has 1 amide bonds. The third-order valence-electron chi connectivity index (χ3n) is 4.34. The predicted octanol–water partition coefficient (Wildman–Crippen LogP) is 1.48. The first-order valence-electron chi connectivity index (χ1n) is 7.67. The third kappa shape index (κ3) is 4.08. The molecule has 122 valence electrons. The Morgan fingerprint density at radius 2 is 2.00 bits per heavy atom. The Kier molecular flexibility index (Phi) is 5.24. The zero-order chi connectivity index (χ0) is 16.2. The molecule has 0 aromatic heterocycles. The first kappa shape index (κ1) is 17.0. The lowest BCUT2D eigenvalue weighted by molar-refractivity contribution is -0.127. The molecule has 1 aliphatic rings. The van der Waals surface area contributed by atoms with Crippen LogP contribution < -0.4 is 11.1 Å². The van der Waals surface area contributed by atoms with Gasteiger partial charge in [-0.15, -0.1) is 0 Å². The van der Waals surface area contributed by atoms with Crippen LogP contribution >= 0.6 is 0 Å². The van der Waals surface area contributed by atoms with E-state index in [2.05, 4.69) is 5.32 Å². The van der Waals surface area contributed by atoms with Crippen LogP contribution in [0.2, 0.25) is 0 Å². The summed E-state index contributed by atoms with van der Waals surface area (Å²) in [5.74, 6) is -0.467. The summed E-state index contributed by atoms with van der Waals surface area (Å²) >= 11 is 0. The molecule has 2 unspecified atom stereocenters. The maximum absolute atomic E-state index is 12.3. The van der Waals surface area contributed by atoms with Crippen molar-refractivity contribution in [1.29, 1.82) is 0 Å². The Bertz CT molecular complexity index is 612. The van der Waals surface area contributed by atoms with Crippen LogP contribution in [-0.2, 0) is 14.6 Å². The molecule has 2 atom stereocenters. The van der Waals surface area contributed by atoms with Crippen molar-refractivity contribution in [1.82, 2.24) is 5.32 Å². The zero-order valence-electron chi connectivity index (χ0n) is 12.9. The summed E-state index contributed by atoms with van der Waals surface area (Å²) in [6.07, 6.45) is 3.63. The summed E-state index contributed by atoms with van der Waals surface area (Å²) < 4.78 is 24.3. The van der Waals surface area contributed by atoms with Crippen molar-refractivity contribution in [2.45, 2.75) is 43.0 Å². The number of carbonyl (C=O) groups excluding carboxylic acids is 1. The van der Waals surface area contributed by atoms with E-state index in [4.69, 9.17) is 5.73 Å². The molecule has 5 nitrogen and oxygen atoms in total. The number of nitrogens with one attached hydrogen (secondary N) is 1. The molecule has 1 aromatic carbocycles. The Morgan fingerprint density at radius 1 is 1.32 bits per heavy atom. The van der Waals surface area contributed by atoms with Crippen LogP contribution in [0.4, 0.5) is 0 Å². The van der Waals surface area contributed by atoms with Gasteiger partial charge >= 0.3 is 0 Å². The van der Waals surface area contributed by atoms with Gasteiger partial charge in [0.2, 0.25) is 5.91 Å². The van der Waals surface area contributed by atoms with Gasteiger partial charge in [0, 0.05) is 12.1 Å². The minimum absolute atomic E-state index is 0.100. The number of sulfone groups is 1. The molecule has 0 saturated heterocycles. The van der Waals surface area contributed by atoms with Crippen molar-refractivity contribution in [2.24, 2.45) is 11.7 Å². The first-order valence-corrected chi connectivity index (χ1v) is 9.32. The topological polar surface area (TPSA) is 89.3 Å². The van der Waals surface area contributed by atoms with Crippen LogP contribution in [0.3, 0.4) is 0 Å². The fraction of sp³-hybridized carbons (Fsp3) is 0.562. The summed E-state index contributed by atoms with van der Waals surface area (Å²) in [5, 5.41) is 2.74.